The van der Waals surface area contributed by atoms with Gasteiger partial charge >= 0.3 is 0 Å². The summed E-state index contributed by atoms with van der Waals surface area (Å²) in [6.07, 6.45) is 1.07. The SMILES string of the molecule is CN(C)CCCN=C=NCC(C)(C)C.Cl. The van der Waals surface area contributed by atoms with Crippen molar-refractivity contribution in [2.45, 2.75) is 27.2 Å². The zero-order valence-electron chi connectivity index (χ0n) is 10.6. The Morgan fingerprint density at radius 2 is 1.73 bits per heavy atom. The lowest BCUT2D eigenvalue weighted by Crippen LogP contribution is -2.13. The van der Waals surface area contributed by atoms with E-state index in [9.17, 15) is 0 Å². The fourth-order valence-electron chi connectivity index (χ4n) is 0.839. The molecule has 0 aliphatic heterocycles. The zero-order valence-corrected chi connectivity index (χ0v) is 11.4. The van der Waals surface area contributed by atoms with Crippen LogP contribution in [0.5, 0.6) is 0 Å². The molecule has 0 heterocycles. The molecular weight excluding hydrogens is 210 g/mol. The molecule has 0 fully saturated rings. The lowest BCUT2D eigenvalue weighted by Gasteiger charge is -2.12. The molecule has 4 heteroatoms. The second-order valence-electron chi connectivity index (χ2n) is 5.02. The van der Waals surface area contributed by atoms with Gasteiger partial charge in [-0.2, -0.15) is 0 Å². The molecule has 0 N–H and O–H groups in total. The van der Waals surface area contributed by atoms with Crippen molar-refractivity contribution in [2.24, 2.45) is 15.4 Å². The smallest absolute Gasteiger partial charge is 0.0892 e. The molecule has 90 valence electrons. The van der Waals surface area contributed by atoms with Crippen molar-refractivity contribution in [2.75, 3.05) is 33.7 Å². The highest BCUT2D eigenvalue weighted by Crippen LogP contribution is 2.11. The summed E-state index contributed by atoms with van der Waals surface area (Å²) in [5, 5.41) is 0. The summed E-state index contributed by atoms with van der Waals surface area (Å²) < 4.78 is 0. The number of halogens is 1. The number of nitrogens with zero attached hydrogens (tertiary/aromatic N) is 3. The van der Waals surface area contributed by atoms with E-state index >= 15 is 0 Å². The Balaban J connectivity index is 0. The van der Waals surface area contributed by atoms with Crippen LogP contribution in [0.25, 0.3) is 0 Å². The van der Waals surface area contributed by atoms with Crippen LogP contribution in [-0.4, -0.2) is 44.6 Å². The molecule has 0 aromatic carbocycles. The Hall–Kier alpha value is -0.370. The summed E-state index contributed by atoms with van der Waals surface area (Å²) in [6, 6.07) is 2.75. The molecule has 0 aromatic heterocycles. The van der Waals surface area contributed by atoms with Gasteiger partial charge in [-0.3, -0.25) is 0 Å². The van der Waals surface area contributed by atoms with Crippen molar-refractivity contribution < 1.29 is 0 Å². The highest BCUT2D eigenvalue weighted by Gasteiger charge is 2.07. The maximum absolute atomic E-state index is 4.13. The normalized spacial score (nSPS) is 10.5. The van der Waals surface area contributed by atoms with Crippen LogP contribution < -0.4 is 0 Å². The predicted molar refractivity (Wildman–Crippen MR) is 69.5 cm³/mol. The molecule has 0 spiro atoms. The Bertz CT molecular complexity index is 200. The molecule has 0 amide bonds. The zero-order chi connectivity index (χ0) is 11.0. The summed E-state index contributed by atoms with van der Waals surface area (Å²) in [6.45, 7) is 9.17. The molecule has 0 atom stereocenters. The van der Waals surface area contributed by atoms with E-state index in [-0.39, 0.29) is 17.8 Å². The molecule has 0 radical (unpaired) electrons. The van der Waals surface area contributed by atoms with Gasteiger partial charge in [-0.1, -0.05) is 20.8 Å². The van der Waals surface area contributed by atoms with Crippen molar-refractivity contribution in [3.05, 3.63) is 0 Å². The Morgan fingerprint density at radius 1 is 1.13 bits per heavy atom. The summed E-state index contributed by atoms with van der Waals surface area (Å²) in [5.74, 6) is 0. The lowest BCUT2D eigenvalue weighted by atomic mass is 9.98. The van der Waals surface area contributed by atoms with Crippen LogP contribution in [0.4, 0.5) is 0 Å². The van der Waals surface area contributed by atoms with Crippen molar-refractivity contribution in [3.63, 3.8) is 0 Å². The average Bonchev–Trinajstić information content (AvgIpc) is 2.00. The quantitative estimate of drug-likeness (QED) is 0.530. The fourth-order valence-corrected chi connectivity index (χ4v) is 0.839. The number of aliphatic imine (C=N–C) groups is 2. The molecule has 0 rings (SSSR count). The summed E-state index contributed by atoms with van der Waals surface area (Å²) in [5.41, 5.74) is 0.242. The number of hydrogen-bond acceptors (Lipinski definition) is 3. The summed E-state index contributed by atoms with van der Waals surface area (Å²) in [4.78, 5) is 10.4. The van der Waals surface area contributed by atoms with Crippen LogP contribution in [0.2, 0.25) is 0 Å². The van der Waals surface area contributed by atoms with Crippen molar-refractivity contribution in [1.82, 2.24) is 4.90 Å². The van der Waals surface area contributed by atoms with Gasteiger partial charge in [0.15, 0.2) is 0 Å². The minimum Gasteiger partial charge on any atom is -0.309 e. The molecule has 15 heavy (non-hydrogen) atoms. The monoisotopic (exact) mass is 233 g/mol. The average molecular weight is 234 g/mol. The van der Waals surface area contributed by atoms with Gasteiger partial charge in [0.05, 0.1) is 19.1 Å². The molecule has 0 saturated carbocycles. The number of hydrogen-bond donors (Lipinski definition) is 0. The molecule has 0 unspecified atom stereocenters. The maximum atomic E-state index is 4.13. The van der Waals surface area contributed by atoms with Crippen molar-refractivity contribution >= 4 is 18.4 Å². The van der Waals surface area contributed by atoms with Gasteiger partial charge in [0.1, 0.15) is 0 Å². The first-order valence-corrected chi connectivity index (χ1v) is 5.14. The van der Waals surface area contributed by atoms with Gasteiger partial charge in [-0.25, -0.2) is 9.98 Å². The Morgan fingerprint density at radius 3 is 2.20 bits per heavy atom. The molecule has 0 bridgehead atoms. The molecule has 3 nitrogen and oxygen atoms in total. The van der Waals surface area contributed by atoms with Crippen molar-refractivity contribution in [1.29, 1.82) is 0 Å². The maximum Gasteiger partial charge on any atom is 0.0892 e. The van der Waals surface area contributed by atoms with Crippen LogP contribution in [-0.2, 0) is 0 Å². The van der Waals surface area contributed by atoms with E-state index in [0.29, 0.717) is 0 Å². The van der Waals surface area contributed by atoms with E-state index in [4.69, 9.17) is 0 Å². The predicted octanol–water partition coefficient (Wildman–Crippen LogP) is 2.58. The largest absolute Gasteiger partial charge is 0.309 e. The van der Waals surface area contributed by atoms with Crippen LogP contribution in [0.1, 0.15) is 27.2 Å². The van der Waals surface area contributed by atoms with E-state index in [1.54, 1.807) is 0 Å². The fraction of sp³-hybridized carbons (Fsp3) is 0.909. The minimum atomic E-state index is 0. The van der Waals surface area contributed by atoms with E-state index in [1.165, 1.54) is 0 Å². The van der Waals surface area contributed by atoms with Crippen LogP contribution in [0.3, 0.4) is 0 Å². The van der Waals surface area contributed by atoms with Gasteiger partial charge in [0.2, 0.25) is 0 Å². The first-order valence-electron chi connectivity index (χ1n) is 5.14. The Labute approximate surface area is 100 Å². The molecular formula is C11H24ClN3. The van der Waals surface area contributed by atoms with Crippen LogP contribution >= 0.6 is 12.4 Å². The second kappa shape index (κ2) is 8.90. The Kier molecular flexibility index (Phi) is 10.1. The van der Waals surface area contributed by atoms with Gasteiger partial charge < -0.3 is 4.90 Å². The molecule has 0 aromatic rings. The highest BCUT2D eigenvalue weighted by molar-refractivity contribution is 5.85. The summed E-state index contributed by atoms with van der Waals surface area (Å²) in [7, 11) is 4.13. The lowest BCUT2D eigenvalue weighted by molar-refractivity contribution is 0.403. The van der Waals surface area contributed by atoms with Crippen LogP contribution in [0, 0.1) is 5.41 Å². The van der Waals surface area contributed by atoms with Gasteiger partial charge in [-0.15, -0.1) is 12.4 Å². The van der Waals surface area contributed by atoms with Gasteiger partial charge in [0.25, 0.3) is 0 Å². The van der Waals surface area contributed by atoms with Crippen molar-refractivity contribution in [3.8, 4) is 0 Å². The standard InChI is InChI=1S/C11H23N3.ClH/c1-11(2,3)9-13-10-12-7-6-8-14(4)5;/h6-9H2,1-5H3;1H. The minimum absolute atomic E-state index is 0. The van der Waals surface area contributed by atoms with Gasteiger partial charge in [0, 0.05) is 0 Å². The summed E-state index contributed by atoms with van der Waals surface area (Å²) >= 11 is 0. The highest BCUT2D eigenvalue weighted by atomic mass is 35.5. The van der Waals surface area contributed by atoms with Crippen LogP contribution in [0.15, 0.2) is 9.98 Å². The van der Waals surface area contributed by atoms with E-state index in [2.05, 4.69) is 55.8 Å². The first kappa shape index (κ1) is 17.0. The molecule has 0 aliphatic rings. The third kappa shape index (κ3) is 16.3. The molecule has 0 aliphatic carbocycles. The van der Waals surface area contributed by atoms with E-state index in [1.807, 2.05) is 0 Å². The third-order valence-electron chi connectivity index (χ3n) is 1.57. The second-order valence-corrected chi connectivity index (χ2v) is 5.02. The molecule has 0 saturated heterocycles. The third-order valence-corrected chi connectivity index (χ3v) is 1.57. The number of rotatable bonds is 5. The first-order chi connectivity index (χ1) is 6.42. The van der Waals surface area contributed by atoms with E-state index in [0.717, 1.165) is 26.1 Å². The topological polar surface area (TPSA) is 28.0 Å². The van der Waals surface area contributed by atoms with E-state index < -0.39 is 0 Å². The van der Waals surface area contributed by atoms with Gasteiger partial charge in [-0.05, 0) is 32.5 Å².